The van der Waals surface area contributed by atoms with E-state index in [9.17, 15) is 4.79 Å². The number of amides is 1. The number of benzene rings is 4. The summed E-state index contributed by atoms with van der Waals surface area (Å²) in [6, 6.07) is 33.1. The molecule has 0 radical (unpaired) electrons. The van der Waals surface area contributed by atoms with Crippen molar-refractivity contribution in [1.29, 1.82) is 0 Å². The number of carbonyl (C=O) groups is 1. The maximum absolute atomic E-state index is 13.5. The number of nitrogens with zero attached hydrogens (tertiary/aromatic N) is 2. The second-order valence-electron chi connectivity index (χ2n) is 8.50. The van der Waals surface area contributed by atoms with E-state index in [1.54, 1.807) is 12.0 Å². The Kier molecular flexibility index (Phi) is 7.38. The third-order valence-corrected chi connectivity index (χ3v) is 6.77. The molecule has 5 nitrogen and oxygen atoms in total. The molecule has 0 aliphatic carbocycles. The number of para-hydroxylation sites is 2. The van der Waals surface area contributed by atoms with Crippen molar-refractivity contribution in [1.82, 2.24) is 0 Å². The SMILES string of the molecule is COc1cc(/C=C2\SC(=Nc3ccccc3)N(c3ccccc3)C2=O)ccc1OCc1ccc(C)cc1. The van der Waals surface area contributed by atoms with Crippen LogP contribution in [0, 0.1) is 6.92 Å². The third-order valence-electron chi connectivity index (χ3n) is 5.80. The molecule has 1 aliphatic rings. The zero-order valence-electron chi connectivity index (χ0n) is 20.6. The van der Waals surface area contributed by atoms with Crippen LogP contribution in [0.4, 0.5) is 11.4 Å². The van der Waals surface area contributed by atoms with Gasteiger partial charge in [-0.05, 0) is 72.3 Å². The topological polar surface area (TPSA) is 51.1 Å². The molecule has 4 aromatic rings. The van der Waals surface area contributed by atoms with Crippen LogP contribution in [0.25, 0.3) is 6.08 Å². The van der Waals surface area contributed by atoms with Crippen molar-refractivity contribution in [3.05, 3.63) is 125 Å². The minimum Gasteiger partial charge on any atom is -0.493 e. The summed E-state index contributed by atoms with van der Waals surface area (Å²) >= 11 is 1.35. The van der Waals surface area contributed by atoms with Gasteiger partial charge in [0.15, 0.2) is 16.7 Å². The number of carbonyl (C=O) groups excluding carboxylic acids is 1. The molecule has 4 aromatic carbocycles. The highest BCUT2D eigenvalue weighted by molar-refractivity contribution is 8.19. The molecular formula is C31H26N2O3S. The van der Waals surface area contributed by atoms with E-state index in [2.05, 4.69) is 31.2 Å². The minimum absolute atomic E-state index is 0.121. The van der Waals surface area contributed by atoms with Gasteiger partial charge in [0, 0.05) is 0 Å². The lowest BCUT2D eigenvalue weighted by Crippen LogP contribution is -2.28. The van der Waals surface area contributed by atoms with E-state index in [4.69, 9.17) is 14.5 Å². The second kappa shape index (κ2) is 11.2. The van der Waals surface area contributed by atoms with E-state index in [0.717, 1.165) is 22.5 Å². The summed E-state index contributed by atoms with van der Waals surface area (Å²) in [5, 5.41) is 0.610. The monoisotopic (exact) mass is 506 g/mol. The zero-order valence-corrected chi connectivity index (χ0v) is 21.4. The van der Waals surface area contributed by atoms with Crippen molar-refractivity contribution in [3.63, 3.8) is 0 Å². The standard InChI is InChI=1S/C31H26N2O3S/c1-22-13-15-23(16-14-22)21-36-27-18-17-24(19-28(27)35-2)20-29-30(34)33(26-11-7-4-8-12-26)31(37-29)32-25-9-5-3-6-10-25/h3-20H,21H2,1-2H3/b29-20-,32-31?. The van der Waals surface area contributed by atoms with Gasteiger partial charge >= 0.3 is 0 Å². The Bertz CT molecular complexity index is 1450. The Morgan fingerprint density at radius 3 is 2.27 bits per heavy atom. The largest absolute Gasteiger partial charge is 0.493 e. The molecule has 0 atom stereocenters. The van der Waals surface area contributed by atoms with Crippen molar-refractivity contribution in [2.75, 3.05) is 12.0 Å². The molecule has 37 heavy (non-hydrogen) atoms. The molecule has 1 saturated heterocycles. The summed E-state index contributed by atoms with van der Waals surface area (Å²) in [7, 11) is 1.61. The van der Waals surface area contributed by atoms with Crippen LogP contribution in [0.3, 0.4) is 0 Å². The predicted molar refractivity (Wildman–Crippen MR) is 152 cm³/mol. The average molecular weight is 507 g/mol. The van der Waals surface area contributed by atoms with E-state index in [0.29, 0.717) is 28.2 Å². The van der Waals surface area contributed by atoms with Crippen molar-refractivity contribution < 1.29 is 14.3 Å². The van der Waals surface area contributed by atoms with E-state index < -0.39 is 0 Å². The van der Waals surface area contributed by atoms with E-state index in [1.165, 1.54) is 17.3 Å². The molecule has 1 fully saturated rings. The number of rotatable bonds is 7. The molecule has 0 N–H and O–H groups in total. The zero-order chi connectivity index (χ0) is 25.6. The molecule has 0 spiro atoms. The maximum atomic E-state index is 13.5. The molecule has 1 heterocycles. The lowest BCUT2D eigenvalue weighted by Gasteiger charge is -2.15. The number of anilines is 1. The van der Waals surface area contributed by atoms with Crippen LogP contribution < -0.4 is 14.4 Å². The fraction of sp³-hybridized carbons (Fsp3) is 0.0968. The lowest BCUT2D eigenvalue weighted by atomic mass is 10.1. The van der Waals surface area contributed by atoms with Crippen LogP contribution in [-0.4, -0.2) is 18.2 Å². The van der Waals surface area contributed by atoms with Crippen LogP contribution in [0.15, 0.2) is 113 Å². The first-order chi connectivity index (χ1) is 18.1. The summed E-state index contributed by atoms with van der Waals surface area (Å²) in [6.07, 6.45) is 1.86. The van der Waals surface area contributed by atoms with Gasteiger partial charge in [-0.2, -0.15) is 0 Å². The van der Waals surface area contributed by atoms with E-state index >= 15 is 0 Å². The molecule has 1 amide bonds. The van der Waals surface area contributed by atoms with Crippen LogP contribution >= 0.6 is 11.8 Å². The Balaban J connectivity index is 1.42. The van der Waals surface area contributed by atoms with E-state index in [-0.39, 0.29) is 5.91 Å². The Labute approximate surface area is 221 Å². The van der Waals surface area contributed by atoms with Crippen molar-refractivity contribution in [2.45, 2.75) is 13.5 Å². The van der Waals surface area contributed by atoms with Crippen molar-refractivity contribution in [3.8, 4) is 11.5 Å². The number of hydrogen-bond donors (Lipinski definition) is 0. The first kappa shape index (κ1) is 24.4. The highest BCUT2D eigenvalue weighted by atomic mass is 32.2. The number of thioether (sulfide) groups is 1. The number of aliphatic imine (C=N–C) groups is 1. The van der Waals surface area contributed by atoms with Gasteiger partial charge < -0.3 is 9.47 Å². The summed E-state index contributed by atoms with van der Waals surface area (Å²) in [6.45, 7) is 2.50. The number of aryl methyl sites for hydroxylation is 1. The molecule has 0 aromatic heterocycles. The first-order valence-corrected chi connectivity index (χ1v) is 12.7. The molecule has 0 saturated carbocycles. The summed E-state index contributed by atoms with van der Waals surface area (Å²) in [5.74, 6) is 1.13. The van der Waals surface area contributed by atoms with Gasteiger partial charge in [0.25, 0.3) is 5.91 Å². The van der Waals surface area contributed by atoms with Crippen LogP contribution in [0.1, 0.15) is 16.7 Å². The van der Waals surface area contributed by atoms with Gasteiger partial charge in [0.2, 0.25) is 0 Å². The van der Waals surface area contributed by atoms with Gasteiger partial charge in [-0.25, -0.2) is 4.99 Å². The molecule has 5 rings (SSSR count). The van der Waals surface area contributed by atoms with Gasteiger partial charge in [0.1, 0.15) is 6.61 Å². The molecular weight excluding hydrogens is 480 g/mol. The van der Waals surface area contributed by atoms with Crippen LogP contribution in [0.2, 0.25) is 0 Å². The Hall–Kier alpha value is -4.29. The van der Waals surface area contributed by atoms with Crippen LogP contribution in [-0.2, 0) is 11.4 Å². The summed E-state index contributed by atoms with van der Waals surface area (Å²) in [4.78, 5) is 20.5. The van der Waals surface area contributed by atoms with Gasteiger partial charge in [-0.3, -0.25) is 9.69 Å². The molecule has 0 bridgehead atoms. The molecule has 0 unspecified atom stereocenters. The lowest BCUT2D eigenvalue weighted by molar-refractivity contribution is -0.113. The fourth-order valence-corrected chi connectivity index (χ4v) is 4.86. The minimum atomic E-state index is -0.121. The first-order valence-electron chi connectivity index (χ1n) is 11.9. The van der Waals surface area contributed by atoms with Gasteiger partial charge in [-0.15, -0.1) is 0 Å². The number of methoxy groups -OCH3 is 1. The predicted octanol–water partition coefficient (Wildman–Crippen LogP) is 7.39. The third kappa shape index (κ3) is 5.76. The molecule has 184 valence electrons. The van der Waals surface area contributed by atoms with Crippen molar-refractivity contribution >= 4 is 40.3 Å². The normalized spacial score (nSPS) is 15.4. The quantitative estimate of drug-likeness (QED) is 0.245. The van der Waals surface area contributed by atoms with Gasteiger partial charge in [0.05, 0.1) is 23.4 Å². The highest BCUT2D eigenvalue weighted by Crippen LogP contribution is 2.38. The summed E-state index contributed by atoms with van der Waals surface area (Å²) < 4.78 is 11.6. The van der Waals surface area contributed by atoms with E-state index in [1.807, 2.05) is 84.9 Å². The number of amidine groups is 1. The van der Waals surface area contributed by atoms with Crippen molar-refractivity contribution in [2.24, 2.45) is 4.99 Å². The smallest absolute Gasteiger partial charge is 0.271 e. The van der Waals surface area contributed by atoms with Crippen LogP contribution in [0.5, 0.6) is 11.5 Å². The average Bonchev–Trinajstić information content (AvgIpc) is 3.23. The summed E-state index contributed by atoms with van der Waals surface area (Å²) in [5.41, 5.74) is 4.69. The second-order valence-corrected chi connectivity index (χ2v) is 9.51. The molecule has 6 heteroatoms. The van der Waals surface area contributed by atoms with Gasteiger partial charge in [-0.1, -0.05) is 72.3 Å². The highest BCUT2D eigenvalue weighted by Gasteiger charge is 2.34. The number of hydrogen-bond acceptors (Lipinski definition) is 5. The fourth-order valence-electron chi connectivity index (χ4n) is 3.86. The Morgan fingerprint density at radius 1 is 0.865 bits per heavy atom. The maximum Gasteiger partial charge on any atom is 0.271 e. The molecule has 1 aliphatic heterocycles. The number of ether oxygens (including phenoxy) is 2. The Morgan fingerprint density at radius 2 is 1.57 bits per heavy atom.